The Morgan fingerprint density at radius 1 is 0.958 bits per heavy atom. The highest BCUT2D eigenvalue weighted by molar-refractivity contribution is 7.99. The summed E-state index contributed by atoms with van der Waals surface area (Å²) >= 11 is 19.3. The van der Waals surface area contributed by atoms with E-state index in [2.05, 4.69) is 10.2 Å². The second kappa shape index (κ2) is 8.12. The van der Waals surface area contributed by atoms with Gasteiger partial charge in [0.2, 0.25) is 5.89 Å². The first kappa shape index (κ1) is 17.4. The zero-order valence-electron chi connectivity index (χ0n) is 12.2. The number of halogens is 3. The normalized spacial score (nSPS) is 10.8. The summed E-state index contributed by atoms with van der Waals surface area (Å²) in [4.78, 5) is 0. The molecule has 0 aliphatic carbocycles. The largest absolute Gasteiger partial charge is 0.490 e. The van der Waals surface area contributed by atoms with E-state index in [1.807, 2.05) is 12.1 Å². The quantitative estimate of drug-likeness (QED) is 0.382. The predicted octanol–water partition coefficient (Wildman–Crippen LogP) is 5.87. The molecule has 1 heterocycles. The Kier molecular flexibility index (Phi) is 5.89. The molecule has 3 rings (SSSR count). The van der Waals surface area contributed by atoms with Gasteiger partial charge in [-0.15, -0.1) is 10.2 Å². The van der Waals surface area contributed by atoms with E-state index in [0.717, 1.165) is 5.56 Å². The third kappa shape index (κ3) is 4.36. The molecule has 0 fully saturated rings. The zero-order valence-corrected chi connectivity index (χ0v) is 15.3. The van der Waals surface area contributed by atoms with Crippen molar-refractivity contribution in [1.29, 1.82) is 0 Å². The van der Waals surface area contributed by atoms with E-state index in [9.17, 15) is 0 Å². The summed E-state index contributed by atoms with van der Waals surface area (Å²) in [5, 5.41) is 10.1. The second-order valence-electron chi connectivity index (χ2n) is 4.63. The van der Waals surface area contributed by atoms with E-state index >= 15 is 0 Å². The van der Waals surface area contributed by atoms with Crippen LogP contribution in [-0.2, 0) is 0 Å². The maximum atomic E-state index is 6.04. The molecule has 2 aromatic carbocycles. The smallest absolute Gasteiger partial charge is 0.276 e. The van der Waals surface area contributed by atoms with Crippen molar-refractivity contribution in [3.63, 3.8) is 0 Å². The van der Waals surface area contributed by atoms with Gasteiger partial charge in [-0.05, 0) is 36.4 Å². The summed E-state index contributed by atoms with van der Waals surface area (Å²) in [5.74, 6) is 1.54. The van der Waals surface area contributed by atoms with Crippen molar-refractivity contribution in [2.45, 2.75) is 5.22 Å². The Balaban J connectivity index is 1.53. The molecule has 0 amide bonds. The molecule has 0 aliphatic rings. The molecule has 0 atom stereocenters. The van der Waals surface area contributed by atoms with Crippen LogP contribution in [0.5, 0.6) is 5.75 Å². The summed E-state index contributed by atoms with van der Waals surface area (Å²) in [6.45, 7) is 0.410. The number of rotatable bonds is 6. The van der Waals surface area contributed by atoms with Crippen molar-refractivity contribution in [1.82, 2.24) is 10.2 Å². The summed E-state index contributed by atoms with van der Waals surface area (Å²) in [6.07, 6.45) is 0. The second-order valence-corrected chi connectivity index (χ2v) is 6.92. The Morgan fingerprint density at radius 3 is 2.38 bits per heavy atom. The minimum atomic E-state index is 0.410. The molecule has 8 heteroatoms. The molecule has 3 aromatic rings. The van der Waals surface area contributed by atoms with Crippen LogP contribution in [0.4, 0.5) is 0 Å². The maximum absolute atomic E-state index is 6.04. The van der Waals surface area contributed by atoms with Crippen LogP contribution in [-0.4, -0.2) is 22.6 Å². The molecular weight excluding hydrogens is 391 g/mol. The van der Waals surface area contributed by atoms with Crippen molar-refractivity contribution in [2.75, 3.05) is 12.4 Å². The minimum absolute atomic E-state index is 0.410. The topological polar surface area (TPSA) is 48.2 Å². The van der Waals surface area contributed by atoms with Crippen LogP contribution in [0.1, 0.15) is 0 Å². The Labute approximate surface area is 158 Å². The van der Waals surface area contributed by atoms with Crippen molar-refractivity contribution in [3.8, 4) is 17.2 Å². The molecule has 0 saturated heterocycles. The Hall–Kier alpha value is -1.40. The predicted molar refractivity (Wildman–Crippen MR) is 97.4 cm³/mol. The van der Waals surface area contributed by atoms with E-state index in [4.69, 9.17) is 44.0 Å². The molecule has 0 saturated carbocycles. The minimum Gasteiger partial charge on any atom is -0.490 e. The lowest BCUT2D eigenvalue weighted by Crippen LogP contribution is -2.01. The summed E-state index contributed by atoms with van der Waals surface area (Å²) in [7, 11) is 0. The average molecular weight is 402 g/mol. The number of nitrogens with zero attached hydrogens (tertiary/aromatic N) is 2. The Bertz CT molecular complexity index is 804. The Morgan fingerprint density at radius 2 is 1.67 bits per heavy atom. The van der Waals surface area contributed by atoms with Gasteiger partial charge in [0.25, 0.3) is 5.22 Å². The fourth-order valence-corrected chi connectivity index (χ4v) is 3.08. The average Bonchev–Trinajstić information content (AvgIpc) is 3.03. The molecule has 0 unspecified atom stereocenters. The molecule has 0 spiro atoms. The number of ether oxygens (including phenoxy) is 1. The van der Waals surface area contributed by atoms with E-state index in [0.29, 0.717) is 44.3 Å². The summed E-state index contributed by atoms with van der Waals surface area (Å²) in [5.41, 5.74) is 0.817. The number of thioether (sulfide) groups is 1. The van der Waals surface area contributed by atoms with Crippen molar-refractivity contribution in [3.05, 3.63) is 57.5 Å². The highest BCUT2D eigenvalue weighted by atomic mass is 35.5. The molecule has 1 aromatic heterocycles. The van der Waals surface area contributed by atoms with Gasteiger partial charge in [-0.3, -0.25) is 0 Å². The lowest BCUT2D eigenvalue weighted by Gasteiger charge is -2.08. The first-order valence-electron chi connectivity index (χ1n) is 6.92. The van der Waals surface area contributed by atoms with Gasteiger partial charge >= 0.3 is 0 Å². The number of hydrogen-bond donors (Lipinski definition) is 0. The van der Waals surface area contributed by atoms with Crippen LogP contribution in [0.2, 0.25) is 15.1 Å². The number of para-hydroxylation sites is 1. The molecule has 124 valence electrons. The molecule has 0 aliphatic heterocycles. The molecule has 0 radical (unpaired) electrons. The lowest BCUT2D eigenvalue weighted by atomic mass is 10.2. The van der Waals surface area contributed by atoms with Gasteiger partial charge in [0, 0.05) is 16.3 Å². The molecule has 4 nitrogen and oxygen atoms in total. The number of hydrogen-bond acceptors (Lipinski definition) is 5. The van der Waals surface area contributed by atoms with Crippen molar-refractivity contribution in [2.24, 2.45) is 0 Å². The van der Waals surface area contributed by atoms with Gasteiger partial charge in [0.05, 0.1) is 16.7 Å². The van der Waals surface area contributed by atoms with Gasteiger partial charge in [-0.25, -0.2) is 0 Å². The van der Waals surface area contributed by atoms with E-state index in [1.54, 1.807) is 30.3 Å². The summed E-state index contributed by atoms with van der Waals surface area (Å²) < 4.78 is 11.2. The van der Waals surface area contributed by atoms with Crippen LogP contribution in [0.3, 0.4) is 0 Å². The van der Waals surface area contributed by atoms with Crippen LogP contribution in [0.25, 0.3) is 11.5 Å². The highest BCUT2D eigenvalue weighted by Crippen LogP contribution is 2.32. The van der Waals surface area contributed by atoms with Crippen LogP contribution in [0, 0.1) is 0 Å². The lowest BCUT2D eigenvalue weighted by molar-refractivity contribution is 0.343. The fourth-order valence-electron chi connectivity index (χ4n) is 1.87. The third-order valence-electron chi connectivity index (χ3n) is 2.97. The first-order valence-corrected chi connectivity index (χ1v) is 9.04. The number of benzene rings is 2. The van der Waals surface area contributed by atoms with Crippen molar-refractivity contribution < 1.29 is 9.15 Å². The van der Waals surface area contributed by atoms with Gasteiger partial charge in [0.15, 0.2) is 5.75 Å². The van der Waals surface area contributed by atoms with Gasteiger partial charge in [0.1, 0.15) is 0 Å². The zero-order chi connectivity index (χ0) is 16.9. The highest BCUT2D eigenvalue weighted by Gasteiger charge is 2.10. The van der Waals surface area contributed by atoms with Gasteiger partial charge in [-0.1, -0.05) is 52.6 Å². The van der Waals surface area contributed by atoms with Crippen LogP contribution < -0.4 is 4.74 Å². The number of aromatic nitrogens is 2. The fraction of sp³-hybridized carbons (Fsp3) is 0.125. The molecule has 24 heavy (non-hydrogen) atoms. The molecular formula is C16H11Cl3N2O2S. The van der Waals surface area contributed by atoms with Gasteiger partial charge < -0.3 is 9.15 Å². The standard InChI is InChI=1S/C16H11Cl3N2O2S/c17-11-6-4-10(5-7-11)15-20-21-16(23-15)24-9-8-22-14-12(18)2-1-3-13(14)19/h1-7H,8-9H2. The maximum Gasteiger partial charge on any atom is 0.276 e. The van der Waals surface area contributed by atoms with E-state index in [1.165, 1.54) is 11.8 Å². The molecule has 0 N–H and O–H groups in total. The van der Waals surface area contributed by atoms with Crippen LogP contribution >= 0.6 is 46.6 Å². The van der Waals surface area contributed by atoms with Crippen LogP contribution in [0.15, 0.2) is 52.1 Å². The first-order chi connectivity index (χ1) is 11.6. The summed E-state index contributed by atoms with van der Waals surface area (Å²) in [6, 6.07) is 12.4. The van der Waals surface area contributed by atoms with E-state index in [-0.39, 0.29) is 0 Å². The van der Waals surface area contributed by atoms with Crippen molar-refractivity contribution >= 4 is 46.6 Å². The SMILES string of the molecule is Clc1ccc(-c2nnc(SCCOc3c(Cl)cccc3Cl)o2)cc1. The third-order valence-corrected chi connectivity index (χ3v) is 4.60. The van der Waals surface area contributed by atoms with E-state index < -0.39 is 0 Å². The van der Waals surface area contributed by atoms with Gasteiger partial charge in [-0.2, -0.15) is 0 Å². The monoisotopic (exact) mass is 400 g/mol. The molecule has 0 bridgehead atoms.